The van der Waals surface area contributed by atoms with Crippen LogP contribution in [-0.4, -0.2) is 41.5 Å². The van der Waals surface area contributed by atoms with Crippen LogP contribution in [0.1, 0.15) is 42.0 Å². The zero-order chi connectivity index (χ0) is 24.0. The van der Waals surface area contributed by atoms with Gasteiger partial charge in [0.05, 0.1) is 18.9 Å². The Bertz CT molecular complexity index is 1260. The summed E-state index contributed by atoms with van der Waals surface area (Å²) in [6.45, 7) is 2.75. The third-order valence-electron chi connectivity index (χ3n) is 7.31. The lowest BCUT2D eigenvalue weighted by molar-refractivity contribution is -0.151. The minimum absolute atomic E-state index is 0.0332. The third kappa shape index (κ3) is 4.10. The number of piperidine rings is 1. The molecule has 3 heterocycles. The first kappa shape index (κ1) is 22.6. The quantitative estimate of drug-likeness (QED) is 0.402. The summed E-state index contributed by atoms with van der Waals surface area (Å²) < 4.78 is 27.1. The van der Waals surface area contributed by atoms with Gasteiger partial charge < -0.3 is 9.47 Å². The topological polar surface area (TPSA) is 37.3 Å². The SMILES string of the molecule is COc1cc(Br)cc2c1OC1(CCN(Cc3ccccc3)CC1)N1N=C(c3ccc(F)cc3)C[C@H]21. The van der Waals surface area contributed by atoms with E-state index in [0.717, 1.165) is 71.7 Å². The van der Waals surface area contributed by atoms with Gasteiger partial charge in [-0.25, -0.2) is 9.40 Å². The Balaban J connectivity index is 1.34. The molecule has 35 heavy (non-hydrogen) atoms. The molecule has 1 fully saturated rings. The van der Waals surface area contributed by atoms with E-state index in [4.69, 9.17) is 14.6 Å². The maximum absolute atomic E-state index is 13.6. The molecule has 180 valence electrons. The van der Waals surface area contributed by atoms with Crippen molar-refractivity contribution in [1.82, 2.24) is 9.91 Å². The maximum atomic E-state index is 13.6. The highest BCUT2D eigenvalue weighted by Gasteiger charge is 2.52. The molecule has 3 aliphatic rings. The highest BCUT2D eigenvalue weighted by Crippen LogP contribution is 2.53. The number of ether oxygens (including phenoxy) is 2. The van der Waals surface area contributed by atoms with Crippen LogP contribution in [0.3, 0.4) is 0 Å². The fourth-order valence-corrected chi connectivity index (χ4v) is 5.97. The normalized spacial score (nSPS) is 20.7. The Kier molecular flexibility index (Phi) is 5.77. The molecule has 0 unspecified atom stereocenters. The predicted molar refractivity (Wildman–Crippen MR) is 137 cm³/mol. The average Bonchev–Trinajstić information content (AvgIpc) is 3.34. The van der Waals surface area contributed by atoms with Gasteiger partial charge in [0.25, 0.3) is 0 Å². The van der Waals surface area contributed by atoms with E-state index in [2.05, 4.69) is 62.2 Å². The predicted octanol–water partition coefficient (Wildman–Crippen LogP) is 6.13. The van der Waals surface area contributed by atoms with Crippen molar-refractivity contribution in [3.05, 3.63) is 93.7 Å². The fraction of sp³-hybridized carbons (Fsp3) is 0.321. The molecule has 0 radical (unpaired) electrons. The summed E-state index contributed by atoms with van der Waals surface area (Å²) in [5.74, 6) is 1.30. The van der Waals surface area contributed by atoms with Crippen molar-refractivity contribution in [3.63, 3.8) is 0 Å². The van der Waals surface area contributed by atoms with Gasteiger partial charge in [-0.15, -0.1) is 0 Å². The van der Waals surface area contributed by atoms with Crippen molar-refractivity contribution in [1.29, 1.82) is 0 Å². The zero-order valence-electron chi connectivity index (χ0n) is 19.6. The van der Waals surface area contributed by atoms with Crippen LogP contribution in [0.25, 0.3) is 0 Å². The molecule has 1 atom stereocenters. The second-order valence-electron chi connectivity index (χ2n) is 9.45. The Morgan fingerprint density at radius 3 is 2.54 bits per heavy atom. The highest BCUT2D eigenvalue weighted by molar-refractivity contribution is 9.10. The number of hydrogen-bond acceptors (Lipinski definition) is 5. The molecule has 0 amide bonds. The molecular weight excluding hydrogens is 509 g/mol. The molecule has 3 aromatic rings. The average molecular weight is 536 g/mol. The van der Waals surface area contributed by atoms with Gasteiger partial charge in [-0.05, 0) is 35.4 Å². The first-order chi connectivity index (χ1) is 17.0. The maximum Gasteiger partial charge on any atom is 0.200 e. The van der Waals surface area contributed by atoms with Gasteiger partial charge >= 0.3 is 0 Å². The van der Waals surface area contributed by atoms with Gasteiger partial charge in [-0.3, -0.25) is 4.90 Å². The molecule has 3 aliphatic heterocycles. The van der Waals surface area contributed by atoms with Gasteiger partial charge in [0.1, 0.15) is 5.82 Å². The monoisotopic (exact) mass is 535 g/mol. The largest absolute Gasteiger partial charge is 0.493 e. The van der Waals surface area contributed by atoms with E-state index in [1.54, 1.807) is 7.11 Å². The standard InChI is InChI=1S/C28H27BrFN3O2/c1-34-26-16-21(29)15-23-25-17-24(20-7-9-22(30)10-8-20)31-33(25)28(35-27(23)26)11-13-32(14-12-28)18-19-5-3-2-4-6-19/h2-10,15-16,25H,11-14,17-18H2,1H3/t25-/m1/s1. The molecule has 7 heteroatoms. The Morgan fingerprint density at radius 2 is 1.83 bits per heavy atom. The lowest BCUT2D eigenvalue weighted by Gasteiger charge is -2.51. The van der Waals surface area contributed by atoms with Crippen molar-refractivity contribution in [2.24, 2.45) is 5.10 Å². The van der Waals surface area contributed by atoms with Gasteiger partial charge in [-0.1, -0.05) is 58.4 Å². The molecule has 0 N–H and O–H groups in total. The number of benzene rings is 3. The van der Waals surface area contributed by atoms with Crippen molar-refractivity contribution < 1.29 is 13.9 Å². The van der Waals surface area contributed by atoms with Gasteiger partial charge in [0.15, 0.2) is 11.5 Å². The summed E-state index contributed by atoms with van der Waals surface area (Å²) in [5, 5.41) is 7.29. The molecule has 6 rings (SSSR count). The molecule has 5 nitrogen and oxygen atoms in total. The molecule has 1 saturated heterocycles. The van der Waals surface area contributed by atoms with Gasteiger partial charge in [-0.2, -0.15) is 5.10 Å². The van der Waals surface area contributed by atoms with E-state index in [1.807, 2.05) is 18.2 Å². The van der Waals surface area contributed by atoms with Crippen LogP contribution in [-0.2, 0) is 6.54 Å². The molecule has 0 aromatic heterocycles. The number of nitrogens with zero attached hydrogens (tertiary/aromatic N) is 3. The van der Waals surface area contributed by atoms with Crippen LogP contribution in [0.4, 0.5) is 4.39 Å². The number of rotatable bonds is 4. The zero-order valence-corrected chi connectivity index (χ0v) is 21.2. The summed E-state index contributed by atoms with van der Waals surface area (Å²) in [6, 6.07) is 21.3. The first-order valence-electron chi connectivity index (χ1n) is 12.0. The number of likely N-dealkylation sites (tertiary alicyclic amines) is 1. The number of hydrogen-bond donors (Lipinski definition) is 0. The minimum atomic E-state index is -0.548. The summed E-state index contributed by atoms with van der Waals surface area (Å²) in [6.07, 6.45) is 2.39. The Morgan fingerprint density at radius 1 is 1.09 bits per heavy atom. The van der Waals surface area contributed by atoms with Crippen molar-refractivity contribution >= 4 is 21.6 Å². The number of fused-ring (bicyclic) bond motifs is 4. The van der Waals surface area contributed by atoms with Gasteiger partial charge in [0, 0.05) is 48.9 Å². The Labute approximate surface area is 213 Å². The van der Waals surface area contributed by atoms with Gasteiger partial charge in [0.2, 0.25) is 5.72 Å². The Hall–Kier alpha value is -2.90. The summed E-state index contributed by atoms with van der Waals surface area (Å²) in [7, 11) is 1.68. The summed E-state index contributed by atoms with van der Waals surface area (Å²) >= 11 is 3.63. The summed E-state index contributed by atoms with van der Waals surface area (Å²) in [5.41, 5.74) is 3.74. The van der Waals surface area contributed by atoms with Crippen LogP contribution in [0.2, 0.25) is 0 Å². The molecule has 0 bridgehead atoms. The van der Waals surface area contributed by atoms with Crippen LogP contribution in [0.15, 0.2) is 76.3 Å². The lowest BCUT2D eigenvalue weighted by atomic mass is 9.90. The lowest BCUT2D eigenvalue weighted by Crippen LogP contribution is -2.59. The molecule has 0 aliphatic carbocycles. The van der Waals surface area contributed by atoms with Crippen molar-refractivity contribution in [3.8, 4) is 11.5 Å². The molecular formula is C28H27BrFN3O2. The third-order valence-corrected chi connectivity index (χ3v) is 7.77. The highest BCUT2D eigenvalue weighted by atomic mass is 79.9. The van der Waals surface area contributed by atoms with E-state index < -0.39 is 5.72 Å². The van der Waals surface area contributed by atoms with E-state index in [9.17, 15) is 4.39 Å². The molecule has 1 spiro atoms. The first-order valence-corrected chi connectivity index (χ1v) is 12.8. The smallest absolute Gasteiger partial charge is 0.200 e. The van der Waals surface area contributed by atoms with E-state index in [-0.39, 0.29) is 11.9 Å². The molecule has 0 saturated carbocycles. The van der Waals surface area contributed by atoms with E-state index in [1.165, 1.54) is 17.7 Å². The second-order valence-corrected chi connectivity index (χ2v) is 10.4. The number of halogens is 2. The van der Waals surface area contributed by atoms with Crippen LogP contribution in [0.5, 0.6) is 11.5 Å². The number of hydrazone groups is 1. The summed E-state index contributed by atoms with van der Waals surface area (Å²) in [4.78, 5) is 2.48. The van der Waals surface area contributed by atoms with Crippen LogP contribution >= 0.6 is 15.9 Å². The molecule has 3 aromatic carbocycles. The second kappa shape index (κ2) is 8.95. The fourth-order valence-electron chi connectivity index (χ4n) is 5.51. The van der Waals surface area contributed by atoms with Crippen LogP contribution in [0, 0.1) is 5.82 Å². The van der Waals surface area contributed by atoms with E-state index in [0.29, 0.717) is 0 Å². The van der Waals surface area contributed by atoms with Crippen molar-refractivity contribution in [2.75, 3.05) is 20.2 Å². The van der Waals surface area contributed by atoms with Crippen LogP contribution < -0.4 is 9.47 Å². The van der Waals surface area contributed by atoms with E-state index >= 15 is 0 Å². The number of methoxy groups -OCH3 is 1. The van der Waals surface area contributed by atoms with Crippen molar-refractivity contribution in [2.45, 2.75) is 37.6 Å². The minimum Gasteiger partial charge on any atom is -0.493 e.